The van der Waals surface area contributed by atoms with Crippen molar-refractivity contribution in [3.05, 3.63) is 97.1 Å². The Kier molecular flexibility index (Phi) is 4.55. The number of hydrogen-bond acceptors (Lipinski definition) is 3. The lowest BCUT2D eigenvalue weighted by Crippen LogP contribution is -2.41. The van der Waals surface area contributed by atoms with Crippen LogP contribution in [-0.4, -0.2) is 22.9 Å². The molecule has 0 radical (unpaired) electrons. The van der Waals surface area contributed by atoms with Gasteiger partial charge in [-0.25, -0.2) is 0 Å². The summed E-state index contributed by atoms with van der Waals surface area (Å²) in [7, 11) is -0.484. The number of nitrogens with zero attached hydrogens (tertiary/aromatic N) is 1. The summed E-state index contributed by atoms with van der Waals surface area (Å²) in [5, 5.41) is 6.82. The molecular formula is C34H28BNO3. The van der Waals surface area contributed by atoms with E-state index in [9.17, 15) is 0 Å². The van der Waals surface area contributed by atoms with Gasteiger partial charge in [0.2, 0.25) is 0 Å². The van der Waals surface area contributed by atoms with Crippen molar-refractivity contribution in [2.45, 2.75) is 38.9 Å². The minimum absolute atomic E-state index is 0.430. The maximum atomic E-state index is 6.60. The average Bonchev–Trinajstić information content (AvgIpc) is 3.55. The third-order valence-corrected chi connectivity index (χ3v) is 8.84. The van der Waals surface area contributed by atoms with Crippen molar-refractivity contribution in [2.75, 3.05) is 0 Å². The van der Waals surface area contributed by atoms with Gasteiger partial charge in [0.1, 0.15) is 11.2 Å². The van der Waals surface area contributed by atoms with Crippen LogP contribution in [-0.2, 0) is 9.31 Å². The summed E-state index contributed by atoms with van der Waals surface area (Å²) in [6.07, 6.45) is 0. The first kappa shape index (κ1) is 22.9. The molecule has 1 fully saturated rings. The molecule has 1 aliphatic heterocycles. The first-order chi connectivity index (χ1) is 18.8. The highest BCUT2D eigenvalue weighted by Crippen LogP contribution is 2.42. The first-order valence-corrected chi connectivity index (χ1v) is 13.6. The highest BCUT2D eigenvalue weighted by atomic mass is 16.7. The molecule has 39 heavy (non-hydrogen) atoms. The van der Waals surface area contributed by atoms with Gasteiger partial charge >= 0.3 is 7.12 Å². The third kappa shape index (κ3) is 3.09. The van der Waals surface area contributed by atoms with Gasteiger partial charge in [-0.2, -0.15) is 0 Å². The van der Waals surface area contributed by atoms with E-state index in [0.29, 0.717) is 0 Å². The van der Waals surface area contributed by atoms with Crippen LogP contribution in [0.3, 0.4) is 0 Å². The van der Waals surface area contributed by atoms with Crippen LogP contribution >= 0.6 is 0 Å². The molecule has 1 aliphatic rings. The largest absolute Gasteiger partial charge is 0.495 e. The zero-order valence-electron chi connectivity index (χ0n) is 22.5. The first-order valence-electron chi connectivity index (χ1n) is 13.6. The summed E-state index contributed by atoms with van der Waals surface area (Å²) in [6.45, 7) is 8.37. The Morgan fingerprint density at radius 2 is 1.15 bits per heavy atom. The standard InChI is InChI=1S/C34H28BNO3/c1-33(2)34(3,4)39-35(38-33)26-16-11-19-30-31(26)25-20-29(23-14-5-6-15-24(23)32(25)37-30)36-27-17-9-7-12-21(27)22-13-8-10-18-28(22)36/h5-20H,1-4H3. The molecule has 0 spiro atoms. The summed E-state index contributed by atoms with van der Waals surface area (Å²) in [6, 6.07) is 34.3. The fourth-order valence-electron chi connectivity index (χ4n) is 6.19. The second kappa shape index (κ2) is 7.75. The van der Waals surface area contributed by atoms with E-state index in [1.807, 2.05) is 12.1 Å². The molecule has 0 bridgehead atoms. The molecule has 7 aromatic rings. The number of benzene rings is 5. The number of rotatable bonds is 2. The number of hydrogen-bond donors (Lipinski definition) is 0. The molecule has 5 heteroatoms. The Morgan fingerprint density at radius 1 is 0.590 bits per heavy atom. The van der Waals surface area contributed by atoms with E-state index in [1.54, 1.807) is 0 Å². The summed E-state index contributed by atoms with van der Waals surface area (Å²) < 4.78 is 22.0. The van der Waals surface area contributed by atoms with Crippen molar-refractivity contribution >= 4 is 67.1 Å². The molecule has 190 valence electrons. The van der Waals surface area contributed by atoms with Crippen molar-refractivity contribution in [3.8, 4) is 5.69 Å². The molecule has 2 aromatic heterocycles. The van der Waals surface area contributed by atoms with Crippen LogP contribution in [0.5, 0.6) is 0 Å². The number of para-hydroxylation sites is 2. The quantitative estimate of drug-likeness (QED) is 0.221. The van der Waals surface area contributed by atoms with Crippen molar-refractivity contribution in [3.63, 3.8) is 0 Å². The molecule has 3 heterocycles. The van der Waals surface area contributed by atoms with Gasteiger partial charge in [0.25, 0.3) is 0 Å². The van der Waals surface area contributed by atoms with E-state index in [2.05, 4.69) is 117 Å². The number of fused-ring (bicyclic) bond motifs is 8. The monoisotopic (exact) mass is 509 g/mol. The predicted molar refractivity (Wildman–Crippen MR) is 161 cm³/mol. The maximum Gasteiger partial charge on any atom is 0.495 e. The van der Waals surface area contributed by atoms with E-state index in [-0.39, 0.29) is 0 Å². The van der Waals surface area contributed by atoms with Crippen LogP contribution in [0.15, 0.2) is 101 Å². The zero-order chi connectivity index (χ0) is 26.5. The van der Waals surface area contributed by atoms with Gasteiger partial charge < -0.3 is 18.3 Å². The van der Waals surface area contributed by atoms with Crippen LogP contribution in [0.25, 0.3) is 60.2 Å². The SMILES string of the molecule is CC1(C)OB(c2cccc3oc4c5ccccc5c(-n5c6ccccc6c6ccccc65)cc4c23)OC1(C)C. The van der Waals surface area contributed by atoms with Gasteiger partial charge in [-0.1, -0.05) is 72.8 Å². The van der Waals surface area contributed by atoms with E-state index in [1.165, 1.54) is 21.8 Å². The summed E-state index contributed by atoms with van der Waals surface area (Å²) >= 11 is 0. The van der Waals surface area contributed by atoms with Crippen molar-refractivity contribution < 1.29 is 13.7 Å². The van der Waals surface area contributed by atoms with Crippen LogP contribution < -0.4 is 5.46 Å². The molecule has 5 aromatic carbocycles. The van der Waals surface area contributed by atoms with Crippen LogP contribution in [0, 0.1) is 0 Å². The fraction of sp³-hybridized carbons (Fsp3) is 0.176. The Labute approximate surface area is 226 Å². The Hall–Kier alpha value is -4.06. The second-order valence-corrected chi connectivity index (χ2v) is 11.6. The lowest BCUT2D eigenvalue weighted by molar-refractivity contribution is 0.00578. The lowest BCUT2D eigenvalue weighted by Gasteiger charge is -2.32. The molecular weight excluding hydrogens is 481 g/mol. The minimum atomic E-state index is -0.484. The molecule has 0 aliphatic carbocycles. The molecule has 1 saturated heterocycles. The Morgan fingerprint density at radius 3 is 1.79 bits per heavy atom. The average molecular weight is 509 g/mol. The number of aromatic nitrogens is 1. The second-order valence-electron chi connectivity index (χ2n) is 11.6. The van der Waals surface area contributed by atoms with Crippen LogP contribution in [0.1, 0.15) is 27.7 Å². The topological polar surface area (TPSA) is 36.5 Å². The van der Waals surface area contributed by atoms with Gasteiger partial charge in [0.15, 0.2) is 0 Å². The normalized spacial score (nSPS) is 16.9. The van der Waals surface area contributed by atoms with Crippen LogP contribution in [0.4, 0.5) is 0 Å². The Balaban J connectivity index is 1.50. The third-order valence-electron chi connectivity index (χ3n) is 8.84. The fourth-order valence-corrected chi connectivity index (χ4v) is 6.19. The van der Waals surface area contributed by atoms with Gasteiger partial charge in [0.05, 0.1) is 27.9 Å². The minimum Gasteiger partial charge on any atom is -0.455 e. The molecule has 0 saturated carbocycles. The summed E-state index contributed by atoms with van der Waals surface area (Å²) in [5.41, 5.74) is 5.34. The van der Waals surface area contributed by atoms with Crippen molar-refractivity contribution in [1.82, 2.24) is 4.57 Å². The van der Waals surface area contributed by atoms with E-state index < -0.39 is 18.3 Å². The molecule has 8 rings (SSSR count). The molecule has 0 atom stereocenters. The highest BCUT2D eigenvalue weighted by molar-refractivity contribution is 6.66. The van der Waals surface area contributed by atoms with Crippen molar-refractivity contribution in [1.29, 1.82) is 0 Å². The predicted octanol–water partition coefficient (Wildman–Crippen LogP) is 8.14. The van der Waals surface area contributed by atoms with Crippen LogP contribution in [0.2, 0.25) is 0 Å². The molecule has 0 amide bonds. The van der Waals surface area contributed by atoms with E-state index in [0.717, 1.165) is 43.9 Å². The van der Waals surface area contributed by atoms with Gasteiger partial charge in [-0.3, -0.25) is 0 Å². The van der Waals surface area contributed by atoms with Gasteiger partial charge in [-0.15, -0.1) is 0 Å². The van der Waals surface area contributed by atoms with E-state index >= 15 is 0 Å². The highest BCUT2D eigenvalue weighted by Gasteiger charge is 2.52. The summed E-state index contributed by atoms with van der Waals surface area (Å²) in [4.78, 5) is 0. The van der Waals surface area contributed by atoms with Gasteiger partial charge in [0, 0.05) is 32.3 Å². The van der Waals surface area contributed by atoms with Gasteiger partial charge in [-0.05, 0) is 57.4 Å². The molecule has 0 N–H and O–H groups in total. The lowest BCUT2D eigenvalue weighted by atomic mass is 9.76. The maximum absolute atomic E-state index is 6.60. The van der Waals surface area contributed by atoms with Crippen molar-refractivity contribution in [2.24, 2.45) is 0 Å². The smallest absolute Gasteiger partial charge is 0.455 e. The molecule has 0 unspecified atom stereocenters. The Bertz CT molecular complexity index is 2030. The zero-order valence-corrected chi connectivity index (χ0v) is 22.5. The number of furan rings is 1. The van der Waals surface area contributed by atoms with E-state index in [4.69, 9.17) is 13.7 Å². The molecule has 4 nitrogen and oxygen atoms in total. The summed E-state index contributed by atoms with van der Waals surface area (Å²) in [5.74, 6) is 0.